The molecule has 1 rings (SSSR count). The topological polar surface area (TPSA) is 66.4 Å². The van der Waals surface area contributed by atoms with E-state index in [9.17, 15) is 9.59 Å². The number of carboxylic acids is 1. The SMILES string of the molecule is CCc1sc(C(=O)NCC(CC)CC(=O)O)cc1C. The Balaban J connectivity index is 2.56. The van der Waals surface area contributed by atoms with E-state index < -0.39 is 5.97 Å². The Morgan fingerprint density at radius 3 is 2.58 bits per heavy atom. The van der Waals surface area contributed by atoms with Crippen molar-refractivity contribution in [1.29, 1.82) is 0 Å². The zero-order chi connectivity index (χ0) is 14.4. The molecule has 0 aliphatic rings. The highest BCUT2D eigenvalue weighted by atomic mass is 32.1. The highest BCUT2D eigenvalue weighted by molar-refractivity contribution is 7.14. The summed E-state index contributed by atoms with van der Waals surface area (Å²) < 4.78 is 0. The maximum Gasteiger partial charge on any atom is 0.303 e. The summed E-state index contributed by atoms with van der Waals surface area (Å²) >= 11 is 1.51. The van der Waals surface area contributed by atoms with Crippen molar-refractivity contribution < 1.29 is 14.7 Å². The number of carboxylic acid groups (broad SMARTS) is 1. The number of carbonyl (C=O) groups excluding carboxylic acids is 1. The van der Waals surface area contributed by atoms with Crippen molar-refractivity contribution in [1.82, 2.24) is 5.32 Å². The van der Waals surface area contributed by atoms with Crippen LogP contribution in [0.2, 0.25) is 0 Å². The molecule has 0 saturated carbocycles. The summed E-state index contributed by atoms with van der Waals surface area (Å²) in [5, 5.41) is 11.6. The van der Waals surface area contributed by atoms with E-state index in [2.05, 4.69) is 12.2 Å². The predicted octanol–water partition coefficient (Wildman–Crippen LogP) is 2.85. The van der Waals surface area contributed by atoms with Gasteiger partial charge in [-0.2, -0.15) is 0 Å². The van der Waals surface area contributed by atoms with Crippen LogP contribution in [0, 0.1) is 12.8 Å². The number of aliphatic carboxylic acids is 1. The third-order valence-electron chi connectivity index (χ3n) is 3.16. The van der Waals surface area contributed by atoms with E-state index in [0.29, 0.717) is 11.4 Å². The Hall–Kier alpha value is -1.36. The Labute approximate surface area is 117 Å². The summed E-state index contributed by atoms with van der Waals surface area (Å²) in [6, 6.07) is 1.90. The molecule has 4 nitrogen and oxygen atoms in total. The van der Waals surface area contributed by atoms with Crippen LogP contribution in [0.4, 0.5) is 0 Å². The van der Waals surface area contributed by atoms with Crippen LogP contribution in [0.5, 0.6) is 0 Å². The van der Waals surface area contributed by atoms with Crippen LogP contribution in [-0.2, 0) is 11.2 Å². The predicted molar refractivity (Wildman–Crippen MR) is 76.8 cm³/mol. The summed E-state index contributed by atoms with van der Waals surface area (Å²) in [5.74, 6) is -0.925. The van der Waals surface area contributed by atoms with Crippen LogP contribution < -0.4 is 5.32 Å². The minimum Gasteiger partial charge on any atom is -0.481 e. The van der Waals surface area contributed by atoms with Gasteiger partial charge in [-0.25, -0.2) is 0 Å². The van der Waals surface area contributed by atoms with Gasteiger partial charge >= 0.3 is 5.97 Å². The summed E-state index contributed by atoms with van der Waals surface area (Å²) in [6.07, 6.45) is 1.77. The van der Waals surface area contributed by atoms with Crippen LogP contribution in [0.15, 0.2) is 6.07 Å². The van der Waals surface area contributed by atoms with Gasteiger partial charge in [-0.15, -0.1) is 11.3 Å². The third kappa shape index (κ3) is 4.67. The van der Waals surface area contributed by atoms with Gasteiger partial charge in [0.1, 0.15) is 0 Å². The minimum absolute atomic E-state index is 0.00634. The average Bonchev–Trinajstić information content (AvgIpc) is 2.75. The van der Waals surface area contributed by atoms with Crippen LogP contribution in [0.3, 0.4) is 0 Å². The molecular weight excluding hydrogens is 262 g/mol. The highest BCUT2D eigenvalue weighted by Gasteiger charge is 2.15. The van der Waals surface area contributed by atoms with Gasteiger partial charge in [0.05, 0.1) is 4.88 Å². The van der Waals surface area contributed by atoms with Crippen LogP contribution in [-0.4, -0.2) is 23.5 Å². The number of thiophene rings is 1. The van der Waals surface area contributed by atoms with E-state index in [1.165, 1.54) is 16.2 Å². The fourth-order valence-corrected chi connectivity index (χ4v) is 2.94. The van der Waals surface area contributed by atoms with Crippen LogP contribution in [0.1, 0.15) is 46.8 Å². The number of nitrogens with one attached hydrogen (secondary N) is 1. The molecule has 1 heterocycles. The average molecular weight is 283 g/mol. The van der Waals surface area contributed by atoms with E-state index in [0.717, 1.165) is 18.4 Å². The first kappa shape index (κ1) is 15.7. The second-order valence-electron chi connectivity index (χ2n) is 4.65. The molecule has 0 bridgehead atoms. The van der Waals surface area contributed by atoms with Crippen LogP contribution in [0.25, 0.3) is 0 Å². The van der Waals surface area contributed by atoms with Gasteiger partial charge in [0.2, 0.25) is 0 Å². The first-order valence-corrected chi connectivity index (χ1v) is 7.38. The lowest BCUT2D eigenvalue weighted by Gasteiger charge is -2.12. The van der Waals surface area contributed by atoms with Gasteiger partial charge < -0.3 is 10.4 Å². The molecular formula is C14H21NO3S. The summed E-state index contributed by atoms with van der Waals surface area (Å²) in [7, 11) is 0. The van der Waals surface area contributed by atoms with Crippen molar-refractivity contribution in [2.45, 2.75) is 40.0 Å². The standard InChI is InChI=1S/C14H21NO3S/c1-4-10(7-13(16)17)8-15-14(18)12-6-9(3)11(5-2)19-12/h6,10H,4-5,7-8H2,1-3H3,(H,15,18)(H,16,17). The lowest BCUT2D eigenvalue weighted by Crippen LogP contribution is -2.29. The monoisotopic (exact) mass is 283 g/mol. The van der Waals surface area contributed by atoms with Crippen molar-refractivity contribution in [2.24, 2.45) is 5.92 Å². The number of amides is 1. The molecule has 1 amide bonds. The molecule has 5 heteroatoms. The normalized spacial score (nSPS) is 12.2. The Morgan fingerprint density at radius 2 is 2.11 bits per heavy atom. The molecule has 19 heavy (non-hydrogen) atoms. The fourth-order valence-electron chi connectivity index (χ4n) is 1.91. The molecule has 0 saturated heterocycles. The van der Waals surface area contributed by atoms with Crippen molar-refractivity contribution in [3.8, 4) is 0 Å². The molecule has 0 aliphatic heterocycles. The molecule has 0 fully saturated rings. The Bertz CT molecular complexity index is 454. The lowest BCUT2D eigenvalue weighted by atomic mass is 10.0. The summed E-state index contributed by atoms with van der Waals surface area (Å²) in [4.78, 5) is 24.6. The van der Waals surface area contributed by atoms with E-state index in [1.807, 2.05) is 19.9 Å². The first-order chi connectivity index (χ1) is 8.97. The smallest absolute Gasteiger partial charge is 0.303 e. The molecule has 0 spiro atoms. The molecule has 1 unspecified atom stereocenters. The molecule has 1 aromatic rings. The van der Waals surface area contributed by atoms with Crippen molar-refractivity contribution in [2.75, 3.05) is 6.54 Å². The zero-order valence-corrected chi connectivity index (χ0v) is 12.5. The van der Waals surface area contributed by atoms with Gasteiger partial charge in [-0.05, 0) is 30.9 Å². The number of hydrogen-bond acceptors (Lipinski definition) is 3. The third-order valence-corrected chi connectivity index (χ3v) is 4.54. The second kappa shape index (κ2) is 7.28. The van der Waals surface area contributed by atoms with Gasteiger partial charge in [0.15, 0.2) is 0 Å². The fraction of sp³-hybridized carbons (Fsp3) is 0.571. The van der Waals surface area contributed by atoms with Crippen molar-refractivity contribution in [3.63, 3.8) is 0 Å². The second-order valence-corrected chi connectivity index (χ2v) is 5.79. The first-order valence-electron chi connectivity index (χ1n) is 6.57. The summed E-state index contributed by atoms with van der Waals surface area (Å²) in [6.45, 7) is 6.43. The minimum atomic E-state index is -0.818. The summed E-state index contributed by atoms with van der Waals surface area (Å²) in [5.41, 5.74) is 1.15. The van der Waals surface area contributed by atoms with E-state index in [1.54, 1.807) is 0 Å². The quantitative estimate of drug-likeness (QED) is 0.808. The largest absolute Gasteiger partial charge is 0.481 e. The van der Waals surface area contributed by atoms with E-state index >= 15 is 0 Å². The van der Waals surface area contributed by atoms with Crippen molar-refractivity contribution in [3.05, 3.63) is 21.4 Å². The van der Waals surface area contributed by atoms with E-state index in [4.69, 9.17) is 5.11 Å². The van der Waals surface area contributed by atoms with Crippen LogP contribution >= 0.6 is 11.3 Å². The molecule has 0 radical (unpaired) electrons. The van der Waals surface area contributed by atoms with E-state index in [-0.39, 0.29) is 18.2 Å². The Morgan fingerprint density at radius 1 is 1.42 bits per heavy atom. The lowest BCUT2D eigenvalue weighted by molar-refractivity contribution is -0.138. The van der Waals surface area contributed by atoms with Gasteiger partial charge in [-0.1, -0.05) is 20.3 Å². The molecule has 2 N–H and O–H groups in total. The molecule has 1 atom stereocenters. The Kier molecular flexibility index (Phi) is 6.02. The number of rotatable bonds is 7. The highest BCUT2D eigenvalue weighted by Crippen LogP contribution is 2.22. The maximum absolute atomic E-state index is 12.0. The van der Waals surface area contributed by atoms with Gasteiger partial charge in [-0.3, -0.25) is 9.59 Å². The molecule has 0 aromatic carbocycles. The van der Waals surface area contributed by atoms with Gasteiger partial charge in [0.25, 0.3) is 5.91 Å². The molecule has 106 valence electrons. The number of aryl methyl sites for hydroxylation is 2. The number of hydrogen-bond donors (Lipinski definition) is 2. The molecule has 0 aliphatic carbocycles. The van der Waals surface area contributed by atoms with Gasteiger partial charge in [0, 0.05) is 17.8 Å². The number of carbonyl (C=O) groups is 2. The molecule has 1 aromatic heterocycles. The maximum atomic E-state index is 12.0. The zero-order valence-electron chi connectivity index (χ0n) is 11.7. The van der Waals surface area contributed by atoms with Crippen molar-refractivity contribution >= 4 is 23.2 Å².